The highest BCUT2D eigenvalue weighted by Gasteiger charge is 2.65. The van der Waals surface area contributed by atoms with Crippen molar-refractivity contribution in [2.45, 2.75) is 27.3 Å². The topological polar surface area (TPSA) is 35.5 Å². The maximum absolute atomic E-state index is 11.5. The summed E-state index contributed by atoms with van der Waals surface area (Å²) in [6, 6.07) is 0. The van der Waals surface area contributed by atoms with Crippen molar-refractivity contribution in [1.29, 1.82) is 0 Å². The number of alkyl halides is 5. The SMILES string of the molecule is CCOC(=O)C1(Cl)OC(Cl)(Cl)C(Cl)C1Cl. The van der Waals surface area contributed by atoms with E-state index in [-0.39, 0.29) is 6.61 Å². The summed E-state index contributed by atoms with van der Waals surface area (Å²) in [5.41, 5.74) is 0. The average Bonchev–Trinajstić information content (AvgIpc) is 2.28. The molecule has 0 spiro atoms. The molecule has 3 atom stereocenters. The zero-order valence-corrected chi connectivity index (χ0v) is 11.3. The highest BCUT2D eigenvalue weighted by atomic mass is 35.5. The number of halogens is 5. The lowest BCUT2D eigenvalue weighted by molar-refractivity contribution is -0.159. The molecule has 3 unspecified atom stereocenters. The molecule has 0 aromatic carbocycles. The van der Waals surface area contributed by atoms with Crippen LogP contribution in [0.15, 0.2) is 0 Å². The van der Waals surface area contributed by atoms with Crippen molar-refractivity contribution in [2.75, 3.05) is 6.61 Å². The second kappa shape index (κ2) is 4.63. The van der Waals surface area contributed by atoms with Gasteiger partial charge in [-0.05, 0) is 6.92 Å². The molecule has 1 rings (SSSR count). The molecule has 1 aliphatic heterocycles. The zero-order chi connectivity index (χ0) is 11.9. The third kappa shape index (κ3) is 2.43. The summed E-state index contributed by atoms with van der Waals surface area (Å²) >= 11 is 28.8. The lowest BCUT2D eigenvalue weighted by Crippen LogP contribution is -2.42. The Morgan fingerprint density at radius 2 is 1.87 bits per heavy atom. The summed E-state index contributed by atoms with van der Waals surface area (Å²) < 4.78 is 7.80. The van der Waals surface area contributed by atoms with E-state index in [1.54, 1.807) is 6.92 Å². The number of hydrogen-bond acceptors (Lipinski definition) is 3. The van der Waals surface area contributed by atoms with Crippen molar-refractivity contribution >= 4 is 64.0 Å². The predicted molar refractivity (Wildman–Crippen MR) is 60.0 cm³/mol. The fourth-order valence-electron chi connectivity index (χ4n) is 1.05. The van der Waals surface area contributed by atoms with Gasteiger partial charge in [0.2, 0.25) is 4.52 Å². The van der Waals surface area contributed by atoms with E-state index in [0.717, 1.165) is 0 Å². The first-order valence-electron chi connectivity index (χ1n) is 3.98. The molecule has 1 aliphatic rings. The van der Waals surface area contributed by atoms with E-state index in [9.17, 15) is 4.79 Å². The predicted octanol–water partition coefficient (Wildman–Crippen LogP) is 2.86. The van der Waals surface area contributed by atoms with E-state index in [2.05, 4.69) is 4.74 Å². The van der Waals surface area contributed by atoms with E-state index in [1.165, 1.54) is 0 Å². The Bertz CT molecular complexity index is 271. The fraction of sp³-hybridized carbons (Fsp3) is 0.857. The highest BCUT2D eigenvalue weighted by Crippen LogP contribution is 2.51. The van der Waals surface area contributed by atoms with Gasteiger partial charge in [0.05, 0.1) is 6.61 Å². The van der Waals surface area contributed by atoms with E-state index in [0.29, 0.717) is 0 Å². The Labute approximate surface area is 112 Å². The van der Waals surface area contributed by atoms with Crippen LogP contribution in [0, 0.1) is 0 Å². The molecule has 88 valence electrons. The van der Waals surface area contributed by atoms with Gasteiger partial charge in [0.25, 0.3) is 5.06 Å². The number of carbonyl (C=O) groups is 1. The Kier molecular flexibility index (Phi) is 4.30. The lowest BCUT2D eigenvalue weighted by Gasteiger charge is -2.22. The minimum Gasteiger partial charge on any atom is -0.463 e. The Hall–Kier alpha value is 0.880. The minimum atomic E-state index is -1.95. The number of esters is 1. The van der Waals surface area contributed by atoms with Crippen molar-refractivity contribution in [3.05, 3.63) is 0 Å². The van der Waals surface area contributed by atoms with Gasteiger partial charge in [-0.1, -0.05) is 34.8 Å². The molecular weight excluding hydrogens is 309 g/mol. The van der Waals surface area contributed by atoms with Gasteiger partial charge in [-0.2, -0.15) is 0 Å². The summed E-state index contributed by atoms with van der Waals surface area (Å²) in [5.74, 6) is -0.861. The van der Waals surface area contributed by atoms with Crippen LogP contribution in [0.1, 0.15) is 6.92 Å². The van der Waals surface area contributed by atoms with Crippen LogP contribution in [0.3, 0.4) is 0 Å². The molecular formula is C7H7Cl5O3. The lowest BCUT2D eigenvalue weighted by atomic mass is 10.2. The molecule has 1 heterocycles. The van der Waals surface area contributed by atoms with E-state index < -0.39 is 26.3 Å². The Balaban J connectivity index is 2.92. The maximum Gasteiger partial charge on any atom is 0.356 e. The van der Waals surface area contributed by atoms with Gasteiger partial charge in [0, 0.05) is 0 Å². The molecule has 0 aliphatic carbocycles. The fourth-order valence-corrected chi connectivity index (χ4v) is 2.66. The number of rotatable bonds is 2. The van der Waals surface area contributed by atoms with Crippen LogP contribution in [0.4, 0.5) is 0 Å². The van der Waals surface area contributed by atoms with Crippen LogP contribution in [0.5, 0.6) is 0 Å². The molecule has 0 amide bonds. The van der Waals surface area contributed by atoms with Crippen molar-refractivity contribution in [3.63, 3.8) is 0 Å². The molecule has 0 bridgehead atoms. The van der Waals surface area contributed by atoms with Crippen LogP contribution in [-0.2, 0) is 14.3 Å². The molecule has 0 aromatic heterocycles. The highest BCUT2D eigenvalue weighted by molar-refractivity contribution is 6.55. The quantitative estimate of drug-likeness (QED) is 0.580. The van der Waals surface area contributed by atoms with Crippen LogP contribution < -0.4 is 0 Å². The average molecular weight is 316 g/mol. The standard InChI is InChI=1S/C7H7Cl5O3/c1-2-14-5(13)6(10)3(8)4(9)7(11,12)15-6/h3-4H,2H2,1H3. The summed E-state index contributed by atoms with van der Waals surface area (Å²) in [7, 11) is 0. The molecule has 15 heavy (non-hydrogen) atoms. The van der Waals surface area contributed by atoms with Gasteiger partial charge in [0.1, 0.15) is 10.8 Å². The van der Waals surface area contributed by atoms with E-state index >= 15 is 0 Å². The van der Waals surface area contributed by atoms with Crippen LogP contribution >= 0.6 is 58.0 Å². The van der Waals surface area contributed by atoms with Gasteiger partial charge in [-0.15, -0.1) is 23.2 Å². The van der Waals surface area contributed by atoms with Gasteiger partial charge < -0.3 is 9.47 Å². The number of ether oxygens (including phenoxy) is 2. The summed E-state index contributed by atoms with van der Waals surface area (Å²) in [6.45, 7) is 1.74. The van der Waals surface area contributed by atoms with Crippen molar-refractivity contribution in [1.82, 2.24) is 0 Å². The summed E-state index contributed by atoms with van der Waals surface area (Å²) in [5, 5.41) is -4.06. The van der Waals surface area contributed by atoms with Gasteiger partial charge >= 0.3 is 5.97 Å². The number of hydrogen-bond donors (Lipinski definition) is 0. The summed E-state index contributed by atoms with van der Waals surface area (Å²) in [6.07, 6.45) is 0. The van der Waals surface area contributed by atoms with Crippen molar-refractivity contribution in [2.24, 2.45) is 0 Å². The van der Waals surface area contributed by atoms with Gasteiger partial charge in [-0.3, -0.25) is 0 Å². The normalized spacial score (nSPS) is 39.1. The van der Waals surface area contributed by atoms with Crippen LogP contribution in [0.25, 0.3) is 0 Å². The monoisotopic (exact) mass is 314 g/mol. The van der Waals surface area contributed by atoms with Crippen LogP contribution in [0.2, 0.25) is 0 Å². The van der Waals surface area contributed by atoms with E-state index in [4.69, 9.17) is 62.7 Å². The summed E-state index contributed by atoms with van der Waals surface area (Å²) in [4.78, 5) is 11.5. The van der Waals surface area contributed by atoms with Crippen LogP contribution in [-0.4, -0.2) is 32.9 Å². The molecule has 0 radical (unpaired) electrons. The first-order valence-corrected chi connectivity index (χ1v) is 5.98. The maximum atomic E-state index is 11.5. The largest absolute Gasteiger partial charge is 0.463 e. The smallest absolute Gasteiger partial charge is 0.356 e. The first-order chi connectivity index (χ1) is 6.75. The zero-order valence-electron chi connectivity index (χ0n) is 7.48. The molecule has 0 N–H and O–H groups in total. The van der Waals surface area contributed by atoms with Gasteiger partial charge in [0.15, 0.2) is 0 Å². The Morgan fingerprint density at radius 1 is 1.33 bits per heavy atom. The minimum absolute atomic E-state index is 0.130. The molecule has 8 heteroatoms. The molecule has 1 saturated heterocycles. The van der Waals surface area contributed by atoms with E-state index in [1.807, 2.05) is 0 Å². The second-order valence-corrected chi connectivity index (χ2v) is 5.65. The Morgan fingerprint density at radius 3 is 2.20 bits per heavy atom. The molecule has 0 saturated carbocycles. The molecule has 1 fully saturated rings. The van der Waals surface area contributed by atoms with Gasteiger partial charge in [-0.25, -0.2) is 4.79 Å². The molecule has 0 aromatic rings. The second-order valence-electron chi connectivity index (χ2n) is 2.83. The third-order valence-corrected chi connectivity index (χ3v) is 4.44. The third-order valence-electron chi connectivity index (χ3n) is 1.77. The van der Waals surface area contributed by atoms with Crippen molar-refractivity contribution in [3.8, 4) is 0 Å². The number of carbonyl (C=O) groups excluding carboxylic acids is 1. The van der Waals surface area contributed by atoms with Crippen molar-refractivity contribution < 1.29 is 14.3 Å². The molecule has 3 nitrogen and oxygen atoms in total. The first kappa shape index (κ1) is 13.9.